The Morgan fingerprint density at radius 2 is 1.54 bits per heavy atom. The summed E-state index contributed by atoms with van der Waals surface area (Å²) in [6.45, 7) is 0.154. The molecule has 0 unspecified atom stereocenters. The Morgan fingerprint density at radius 3 is 2.25 bits per heavy atom. The molecule has 140 valence electrons. The van der Waals surface area contributed by atoms with E-state index in [2.05, 4.69) is 36.8 Å². The van der Waals surface area contributed by atoms with Crippen LogP contribution in [0.3, 0.4) is 0 Å². The van der Waals surface area contributed by atoms with Crippen LogP contribution in [0.15, 0.2) is 88.7 Å². The van der Waals surface area contributed by atoms with E-state index in [1.807, 2.05) is 36.4 Å². The average Bonchev–Trinajstić information content (AvgIpc) is 2.75. The SMILES string of the molecule is O=C(N/N=C(\CNC(=O)c1ccccc1Br)c1ccccc1)c1ccncc1. The Kier molecular flexibility index (Phi) is 6.64. The maximum atomic E-state index is 12.5. The summed E-state index contributed by atoms with van der Waals surface area (Å²) in [5, 5.41) is 7.07. The monoisotopic (exact) mass is 436 g/mol. The van der Waals surface area contributed by atoms with Gasteiger partial charge in [-0.3, -0.25) is 14.6 Å². The Morgan fingerprint density at radius 1 is 0.857 bits per heavy atom. The third-order valence-electron chi connectivity index (χ3n) is 3.88. The number of halogens is 1. The predicted molar refractivity (Wildman–Crippen MR) is 111 cm³/mol. The number of carbonyl (C=O) groups excluding carboxylic acids is 2. The van der Waals surface area contributed by atoms with Crippen molar-refractivity contribution in [2.24, 2.45) is 5.10 Å². The third kappa shape index (κ3) is 5.11. The molecule has 6 nitrogen and oxygen atoms in total. The van der Waals surface area contributed by atoms with E-state index in [9.17, 15) is 9.59 Å². The van der Waals surface area contributed by atoms with Gasteiger partial charge in [-0.2, -0.15) is 5.10 Å². The van der Waals surface area contributed by atoms with E-state index in [1.165, 1.54) is 12.4 Å². The van der Waals surface area contributed by atoms with Gasteiger partial charge in [-0.1, -0.05) is 42.5 Å². The van der Waals surface area contributed by atoms with Gasteiger partial charge in [0.15, 0.2) is 0 Å². The van der Waals surface area contributed by atoms with Crippen LogP contribution in [0.5, 0.6) is 0 Å². The number of benzene rings is 2. The van der Waals surface area contributed by atoms with Crippen LogP contribution in [0.2, 0.25) is 0 Å². The molecule has 1 aromatic heterocycles. The molecule has 3 rings (SSSR count). The molecule has 0 bridgehead atoms. The second kappa shape index (κ2) is 9.57. The van der Waals surface area contributed by atoms with Crippen molar-refractivity contribution in [1.29, 1.82) is 0 Å². The molecule has 0 radical (unpaired) electrons. The fraction of sp³-hybridized carbons (Fsp3) is 0.0476. The van der Waals surface area contributed by atoms with Crippen LogP contribution in [-0.2, 0) is 0 Å². The summed E-state index contributed by atoms with van der Waals surface area (Å²) in [7, 11) is 0. The van der Waals surface area contributed by atoms with Crippen molar-refractivity contribution in [3.05, 3.63) is 100 Å². The summed E-state index contributed by atoms with van der Waals surface area (Å²) in [6, 6.07) is 19.7. The van der Waals surface area contributed by atoms with E-state index >= 15 is 0 Å². The second-order valence-corrected chi connectivity index (χ2v) is 6.62. The lowest BCUT2D eigenvalue weighted by Gasteiger charge is -2.10. The maximum absolute atomic E-state index is 12.5. The molecule has 0 saturated heterocycles. The van der Waals surface area contributed by atoms with Gasteiger partial charge in [-0.25, -0.2) is 5.43 Å². The minimum absolute atomic E-state index is 0.154. The lowest BCUT2D eigenvalue weighted by Crippen LogP contribution is -2.32. The van der Waals surface area contributed by atoms with Crippen molar-refractivity contribution in [3.63, 3.8) is 0 Å². The van der Waals surface area contributed by atoms with E-state index < -0.39 is 0 Å². The first kappa shape index (κ1) is 19.4. The van der Waals surface area contributed by atoms with E-state index in [4.69, 9.17) is 0 Å². The van der Waals surface area contributed by atoms with Crippen molar-refractivity contribution in [3.8, 4) is 0 Å². The molecule has 2 N–H and O–H groups in total. The van der Waals surface area contributed by atoms with Gasteiger partial charge in [-0.05, 0) is 45.8 Å². The van der Waals surface area contributed by atoms with Gasteiger partial charge < -0.3 is 5.32 Å². The summed E-state index contributed by atoms with van der Waals surface area (Å²) >= 11 is 3.37. The van der Waals surface area contributed by atoms with E-state index in [0.29, 0.717) is 21.3 Å². The Bertz CT molecular complexity index is 992. The zero-order chi connectivity index (χ0) is 19.8. The first-order valence-corrected chi connectivity index (χ1v) is 9.29. The molecule has 28 heavy (non-hydrogen) atoms. The maximum Gasteiger partial charge on any atom is 0.271 e. The van der Waals surface area contributed by atoms with E-state index in [1.54, 1.807) is 30.3 Å². The largest absolute Gasteiger partial charge is 0.346 e. The van der Waals surface area contributed by atoms with Gasteiger partial charge in [0.1, 0.15) is 0 Å². The molecule has 7 heteroatoms. The third-order valence-corrected chi connectivity index (χ3v) is 4.57. The minimum Gasteiger partial charge on any atom is -0.346 e. The van der Waals surface area contributed by atoms with Crippen molar-refractivity contribution in [1.82, 2.24) is 15.7 Å². The summed E-state index contributed by atoms with van der Waals surface area (Å²) in [5.74, 6) is -0.593. The van der Waals surface area contributed by atoms with Crippen LogP contribution >= 0.6 is 15.9 Å². The van der Waals surface area contributed by atoms with Crippen LogP contribution in [0.4, 0.5) is 0 Å². The molecule has 0 aliphatic rings. The molecule has 0 spiro atoms. The fourth-order valence-electron chi connectivity index (χ4n) is 2.43. The number of pyridine rings is 1. The quantitative estimate of drug-likeness (QED) is 0.458. The van der Waals surface area contributed by atoms with Crippen molar-refractivity contribution in [2.75, 3.05) is 6.54 Å². The Balaban J connectivity index is 1.75. The molecule has 3 aromatic rings. The average molecular weight is 437 g/mol. The molecule has 0 saturated carbocycles. The zero-order valence-corrected chi connectivity index (χ0v) is 16.4. The number of carbonyl (C=O) groups is 2. The predicted octanol–water partition coefficient (Wildman–Crippen LogP) is 3.41. The van der Waals surface area contributed by atoms with Gasteiger partial charge in [0.2, 0.25) is 0 Å². The van der Waals surface area contributed by atoms with E-state index in [0.717, 1.165) is 5.56 Å². The minimum atomic E-state index is -0.354. The molecule has 0 fully saturated rings. The topological polar surface area (TPSA) is 83.5 Å². The van der Waals surface area contributed by atoms with Crippen molar-refractivity contribution >= 4 is 33.5 Å². The number of amides is 2. The molecule has 0 aliphatic heterocycles. The highest BCUT2D eigenvalue weighted by atomic mass is 79.9. The highest BCUT2D eigenvalue weighted by Gasteiger charge is 2.12. The standard InChI is InChI=1S/C21H17BrN4O2/c22-18-9-5-4-8-17(18)21(28)24-14-19(15-6-2-1-3-7-15)25-26-20(27)16-10-12-23-13-11-16/h1-13H,14H2,(H,24,28)(H,26,27)/b25-19+. The molecular weight excluding hydrogens is 420 g/mol. The highest BCUT2D eigenvalue weighted by Crippen LogP contribution is 2.15. The smallest absolute Gasteiger partial charge is 0.271 e. The number of nitrogens with zero attached hydrogens (tertiary/aromatic N) is 2. The molecule has 1 heterocycles. The lowest BCUT2D eigenvalue weighted by atomic mass is 10.1. The molecule has 0 aliphatic carbocycles. The van der Waals surface area contributed by atoms with E-state index in [-0.39, 0.29) is 18.4 Å². The molecule has 2 aromatic carbocycles. The number of hydrogen-bond acceptors (Lipinski definition) is 4. The Hall–Kier alpha value is -3.32. The first-order chi connectivity index (χ1) is 13.6. The lowest BCUT2D eigenvalue weighted by molar-refractivity contribution is 0.0951. The molecule has 2 amide bonds. The van der Waals surface area contributed by atoms with Gasteiger partial charge in [0, 0.05) is 22.4 Å². The molecule has 0 atom stereocenters. The van der Waals surface area contributed by atoms with Crippen LogP contribution in [0, 0.1) is 0 Å². The molecular formula is C21H17BrN4O2. The second-order valence-electron chi connectivity index (χ2n) is 5.76. The number of hydrogen-bond donors (Lipinski definition) is 2. The summed E-state index contributed by atoms with van der Waals surface area (Å²) in [6.07, 6.45) is 3.07. The van der Waals surface area contributed by atoms with Gasteiger partial charge in [0.25, 0.3) is 11.8 Å². The van der Waals surface area contributed by atoms with Crippen LogP contribution in [0.1, 0.15) is 26.3 Å². The number of hydrazone groups is 1. The van der Waals surface area contributed by atoms with Crippen LogP contribution < -0.4 is 10.7 Å². The number of rotatable bonds is 6. The number of nitrogens with one attached hydrogen (secondary N) is 2. The van der Waals surface area contributed by atoms with Crippen LogP contribution in [-0.4, -0.2) is 29.1 Å². The zero-order valence-electron chi connectivity index (χ0n) is 14.8. The summed E-state index contributed by atoms with van der Waals surface area (Å²) in [4.78, 5) is 28.6. The summed E-state index contributed by atoms with van der Waals surface area (Å²) in [5.41, 5.74) is 4.83. The fourth-order valence-corrected chi connectivity index (χ4v) is 2.89. The Labute approximate surface area is 170 Å². The van der Waals surface area contributed by atoms with Gasteiger partial charge >= 0.3 is 0 Å². The van der Waals surface area contributed by atoms with Crippen LogP contribution in [0.25, 0.3) is 0 Å². The van der Waals surface area contributed by atoms with Crippen molar-refractivity contribution < 1.29 is 9.59 Å². The van der Waals surface area contributed by atoms with Crippen molar-refractivity contribution in [2.45, 2.75) is 0 Å². The first-order valence-electron chi connectivity index (χ1n) is 8.50. The number of aromatic nitrogens is 1. The summed E-state index contributed by atoms with van der Waals surface area (Å²) < 4.78 is 0.705. The highest BCUT2D eigenvalue weighted by molar-refractivity contribution is 9.10. The normalized spacial score (nSPS) is 11.0. The van der Waals surface area contributed by atoms with Gasteiger partial charge in [-0.15, -0.1) is 0 Å². The van der Waals surface area contributed by atoms with Gasteiger partial charge in [0.05, 0.1) is 17.8 Å².